The number of carboxylic acids is 1. The molecule has 2 aromatic carbocycles. The topological polar surface area (TPSA) is 173 Å². The molecule has 0 spiro atoms. The fraction of sp³-hybridized carbons (Fsp3) is 0.167. The molecule has 2 atom stereocenters. The molecule has 10 nitrogen and oxygen atoms in total. The molecule has 0 bridgehead atoms. The van der Waals surface area contributed by atoms with Gasteiger partial charge in [-0.15, -0.1) is 0 Å². The van der Waals surface area contributed by atoms with Crippen LogP contribution in [-0.2, 0) is 4.79 Å². The van der Waals surface area contributed by atoms with Gasteiger partial charge in [0.05, 0.1) is 17.7 Å². The van der Waals surface area contributed by atoms with E-state index in [0.717, 1.165) is 11.8 Å². The number of H-pyrrole nitrogens is 1. The van der Waals surface area contributed by atoms with Gasteiger partial charge in [-0.2, -0.15) is 5.26 Å². The number of amides is 1. The number of carbonyl (C=O) groups is 3. The first-order valence-corrected chi connectivity index (χ1v) is 10.2. The van der Waals surface area contributed by atoms with Crippen LogP contribution in [0, 0.1) is 11.3 Å². The Hall–Kier alpha value is -4.62. The molecule has 1 unspecified atom stereocenters. The van der Waals surface area contributed by atoms with Gasteiger partial charge in [0.25, 0.3) is 11.5 Å². The van der Waals surface area contributed by atoms with Crippen LogP contribution in [0.1, 0.15) is 56.6 Å². The van der Waals surface area contributed by atoms with Gasteiger partial charge in [-0.05, 0) is 29.7 Å². The highest BCUT2D eigenvalue weighted by molar-refractivity contribution is 5.96. The van der Waals surface area contributed by atoms with E-state index in [1.165, 1.54) is 0 Å². The minimum absolute atomic E-state index is 0.323. The molecule has 4 N–H and O–H groups in total. The number of hydrogen-bond donors (Lipinski definition) is 4. The molecule has 0 aliphatic heterocycles. The predicted octanol–water partition coefficient (Wildman–Crippen LogP) is 1.57. The molecule has 0 fully saturated rings. The Bertz CT molecular complexity index is 1300. The molecule has 3 rings (SSSR count). The van der Waals surface area contributed by atoms with Crippen LogP contribution in [0.15, 0.2) is 65.6 Å². The van der Waals surface area contributed by atoms with Gasteiger partial charge in [0.1, 0.15) is 5.56 Å². The Balaban J connectivity index is 1.81. The molecule has 1 amide bonds. The van der Waals surface area contributed by atoms with E-state index in [2.05, 4.69) is 15.3 Å². The third kappa shape index (κ3) is 5.79. The molecular weight excluding hydrogens is 440 g/mol. The van der Waals surface area contributed by atoms with Crippen LogP contribution in [0.25, 0.3) is 0 Å². The molecule has 0 saturated heterocycles. The number of hydrogen-bond acceptors (Lipinski definition) is 7. The maximum atomic E-state index is 12.9. The van der Waals surface area contributed by atoms with Crippen molar-refractivity contribution in [2.75, 3.05) is 0 Å². The third-order valence-electron chi connectivity index (χ3n) is 5.02. The van der Waals surface area contributed by atoms with Crippen molar-refractivity contribution in [1.29, 1.82) is 5.26 Å². The highest BCUT2D eigenvalue weighted by atomic mass is 16.4. The van der Waals surface area contributed by atoms with Crippen LogP contribution in [0.5, 0.6) is 0 Å². The predicted molar refractivity (Wildman–Crippen MR) is 119 cm³/mol. The highest BCUT2D eigenvalue weighted by Crippen LogP contribution is 2.22. The van der Waals surface area contributed by atoms with Crippen molar-refractivity contribution in [1.82, 2.24) is 15.3 Å². The van der Waals surface area contributed by atoms with Gasteiger partial charge in [-0.1, -0.05) is 42.5 Å². The fourth-order valence-electron chi connectivity index (χ4n) is 3.17. The number of Topliss-reactive ketones (excluding diaryl/α,β-unsaturated/α-hetero) is 1. The highest BCUT2D eigenvalue weighted by Gasteiger charge is 2.22. The van der Waals surface area contributed by atoms with E-state index in [9.17, 15) is 24.3 Å². The summed E-state index contributed by atoms with van der Waals surface area (Å²) in [6.45, 7) is 0. The van der Waals surface area contributed by atoms with Gasteiger partial charge in [0, 0.05) is 12.6 Å². The second kappa shape index (κ2) is 10.8. The minimum Gasteiger partial charge on any atom is -0.479 e. The third-order valence-corrected chi connectivity index (χ3v) is 5.02. The number of carboxylic acid groups (broad SMARTS) is 1. The lowest BCUT2D eigenvalue weighted by Crippen LogP contribution is -2.34. The van der Waals surface area contributed by atoms with Crippen molar-refractivity contribution in [3.8, 4) is 6.07 Å². The first kappa shape index (κ1) is 24.0. The van der Waals surface area contributed by atoms with Gasteiger partial charge < -0.3 is 20.5 Å². The van der Waals surface area contributed by atoms with E-state index in [0.29, 0.717) is 11.1 Å². The number of nitrogens with zero attached hydrogens (tertiary/aromatic N) is 2. The Labute approximate surface area is 193 Å². The quantitative estimate of drug-likeness (QED) is 0.348. The van der Waals surface area contributed by atoms with E-state index in [1.54, 1.807) is 48.5 Å². The molecule has 0 aliphatic carbocycles. The number of aromatic amines is 1. The van der Waals surface area contributed by atoms with Gasteiger partial charge in [-0.25, -0.2) is 9.78 Å². The minimum atomic E-state index is -1.71. The van der Waals surface area contributed by atoms with Crippen LogP contribution in [0.4, 0.5) is 0 Å². The van der Waals surface area contributed by atoms with Crippen molar-refractivity contribution in [2.45, 2.75) is 25.0 Å². The number of aromatic nitrogens is 2. The summed E-state index contributed by atoms with van der Waals surface area (Å²) >= 11 is 0. The molecule has 1 aromatic heterocycles. The van der Waals surface area contributed by atoms with Crippen LogP contribution < -0.4 is 10.9 Å². The summed E-state index contributed by atoms with van der Waals surface area (Å²) < 4.78 is 0. The number of aliphatic carboxylic acids is 1. The summed E-state index contributed by atoms with van der Waals surface area (Å²) in [4.78, 5) is 54.3. The Morgan fingerprint density at radius 1 is 1.06 bits per heavy atom. The van der Waals surface area contributed by atoms with Crippen molar-refractivity contribution in [3.63, 3.8) is 0 Å². The molecule has 0 aliphatic rings. The summed E-state index contributed by atoms with van der Waals surface area (Å²) in [5.41, 5.74) is 0.720. The van der Waals surface area contributed by atoms with Crippen molar-refractivity contribution < 1.29 is 24.6 Å². The number of ketones is 1. The lowest BCUT2D eigenvalue weighted by molar-refractivity contribution is -0.146. The maximum absolute atomic E-state index is 12.9. The van der Waals surface area contributed by atoms with Gasteiger partial charge in [-0.3, -0.25) is 14.4 Å². The Morgan fingerprint density at radius 2 is 1.71 bits per heavy atom. The van der Waals surface area contributed by atoms with E-state index >= 15 is 0 Å². The maximum Gasteiger partial charge on any atom is 0.332 e. The van der Waals surface area contributed by atoms with E-state index in [4.69, 9.17) is 10.4 Å². The number of nitrogens with one attached hydrogen (secondary N) is 2. The average Bonchev–Trinajstić information content (AvgIpc) is 2.85. The monoisotopic (exact) mass is 460 g/mol. The summed E-state index contributed by atoms with van der Waals surface area (Å²) in [6, 6.07) is 17.1. The summed E-state index contributed by atoms with van der Waals surface area (Å²) in [5, 5.41) is 29.8. The van der Waals surface area contributed by atoms with Crippen LogP contribution in [0.2, 0.25) is 0 Å². The van der Waals surface area contributed by atoms with Crippen molar-refractivity contribution in [3.05, 3.63) is 99.2 Å². The lowest BCUT2D eigenvalue weighted by atomic mass is 9.97. The first-order chi connectivity index (χ1) is 16.3. The average molecular weight is 460 g/mol. The van der Waals surface area contributed by atoms with Crippen molar-refractivity contribution >= 4 is 17.7 Å². The number of aliphatic hydroxyl groups is 1. The Morgan fingerprint density at radius 3 is 2.29 bits per heavy atom. The lowest BCUT2D eigenvalue weighted by Gasteiger charge is -2.20. The zero-order valence-corrected chi connectivity index (χ0v) is 17.8. The normalized spacial score (nSPS) is 12.2. The second-order valence-electron chi connectivity index (χ2n) is 7.34. The molecule has 10 heteroatoms. The molecule has 172 valence electrons. The zero-order chi connectivity index (χ0) is 24.7. The zero-order valence-electron chi connectivity index (χ0n) is 17.8. The van der Waals surface area contributed by atoms with Gasteiger partial charge >= 0.3 is 5.97 Å². The molecular formula is C24H20N4O6. The number of aliphatic hydroxyl groups excluding tert-OH is 1. The summed E-state index contributed by atoms with van der Waals surface area (Å²) in [6.07, 6.45) is -1.44. The van der Waals surface area contributed by atoms with E-state index in [1.807, 2.05) is 12.1 Å². The van der Waals surface area contributed by atoms with Crippen LogP contribution in [0.3, 0.4) is 0 Å². The number of benzene rings is 2. The second-order valence-corrected chi connectivity index (χ2v) is 7.34. The van der Waals surface area contributed by atoms with Gasteiger partial charge in [0.2, 0.25) is 0 Å². The van der Waals surface area contributed by atoms with Gasteiger partial charge in [0.15, 0.2) is 17.7 Å². The van der Waals surface area contributed by atoms with Crippen molar-refractivity contribution in [2.24, 2.45) is 0 Å². The summed E-state index contributed by atoms with van der Waals surface area (Å²) in [7, 11) is 0. The molecule has 34 heavy (non-hydrogen) atoms. The number of nitriles is 1. The molecule has 0 radical (unpaired) electrons. The SMILES string of the molecule is N#Cc1ccc(C(NC(=O)c2cnc(C(=O)CC[C@@H](O)C(=O)O)[nH]c2=O)c2ccccc2)cc1. The van der Waals surface area contributed by atoms with E-state index in [-0.39, 0.29) is 24.2 Å². The summed E-state index contributed by atoms with van der Waals surface area (Å²) in [5.74, 6) is -3.21. The largest absolute Gasteiger partial charge is 0.479 e. The standard InChI is InChI=1S/C24H20N4O6/c25-12-14-6-8-16(9-7-14)20(15-4-2-1-3-5-15)27-22(31)17-13-26-21(28-23(17)32)18(29)10-11-19(30)24(33)34/h1-9,13,19-20,30H,10-11H2,(H,27,31)(H,33,34)(H,26,28,32)/t19-,20?/m1/s1. The van der Waals surface area contributed by atoms with Crippen LogP contribution in [-0.4, -0.2) is 43.9 Å². The first-order valence-electron chi connectivity index (χ1n) is 10.2. The van der Waals surface area contributed by atoms with Crippen LogP contribution >= 0.6 is 0 Å². The smallest absolute Gasteiger partial charge is 0.332 e. The van der Waals surface area contributed by atoms with E-state index < -0.39 is 35.4 Å². The molecule has 1 heterocycles. The fourth-order valence-corrected chi connectivity index (χ4v) is 3.17. The number of rotatable bonds is 9. The number of carbonyl (C=O) groups excluding carboxylic acids is 2. The molecule has 3 aromatic rings. The molecule has 0 saturated carbocycles. The Kier molecular flexibility index (Phi) is 7.63.